The minimum atomic E-state index is 0.536. The van der Waals surface area contributed by atoms with Gasteiger partial charge in [0.1, 0.15) is 5.82 Å². The molecule has 0 bridgehead atoms. The Kier molecular flexibility index (Phi) is 3.59. The van der Waals surface area contributed by atoms with Gasteiger partial charge in [0.2, 0.25) is 0 Å². The van der Waals surface area contributed by atoms with Crippen molar-refractivity contribution in [3.8, 4) is 0 Å². The predicted octanol–water partition coefficient (Wildman–Crippen LogP) is 2.67. The molecule has 0 radical (unpaired) electrons. The van der Waals surface area contributed by atoms with Crippen LogP contribution in [-0.2, 0) is 0 Å². The molecule has 1 aliphatic rings. The number of rotatable bonds is 3. The Balaban J connectivity index is 2.01. The van der Waals surface area contributed by atoms with Crippen molar-refractivity contribution in [1.82, 2.24) is 4.98 Å². The van der Waals surface area contributed by atoms with Gasteiger partial charge in [0.15, 0.2) is 0 Å². The summed E-state index contributed by atoms with van der Waals surface area (Å²) in [5, 5.41) is 4.26. The number of nitrogen functional groups attached to an aromatic ring is 1. The van der Waals surface area contributed by atoms with Crippen LogP contribution in [0, 0.1) is 6.92 Å². The van der Waals surface area contributed by atoms with Crippen LogP contribution in [0.15, 0.2) is 12.1 Å². The van der Waals surface area contributed by atoms with Crippen molar-refractivity contribution in [3.05, 3.63) is 17.8 Å². The molecule has 3 N–H and O–H groups in total. The molecule has 0 spiro atoms. The van der Waals surface area contributed by atoms with Crippen LogP contribution in [0.5, 0.6) is 0 Å². The number of anilines is 2. The van der Waals surface area contributed by atoms with Gasteiger partial charge < -0.3 is 11.1 Å². The molecule has 16 heavy (non-hydrogen) atoms. The lowest BCUT2D eigenvalue weighted by molar-refractivity contribution is 0.752. The molecule has 2 unspecified atom stereocenters. The lowest BCUT2D eigenvalue weighted by Crippen LogP contribution is -2.18. The van der Waals surface area contributed by atoms with Crippen LogP contribution in [0.1, 0.15) is 25.0 Å². The summed E-state index contributed by atoms with van der Waals surface area (Å²) < 4.78 is 0. The number of nitrogens with zero attached hydrogens (tertiary/aromatic N) is 1. The lowest BCUT2D eigenvalue weighted by Gasteiger charge is -2.15. The van der Waals surface area contributed by atoms with E-state index in [1.165, 1.54) is 19.3 Å². The number of aromatic nitrogens is 1. The SMILES string of the molecule is CSC1CCC(Nc2nc(C)ccc2N)C1. The number of aryl methyl sites for hydroxylation is 1. The zero-order valence-electron chi connectivity index (χ0n) is 9.86. The third-order valence-corrected chi connectivity index (χ3v) is 4.22. The minimum Gasteiger partial charge on any atom is -0.396 e. The molecule has 0 saturated heterocycles. The van der Waals surface area contributed by atoms with Crippen molar-refractivity contribution in [2.45, 2.75) is 37.5 Å². The Morgan fingerprint density at radius 2 is 2.25 bits per heavy atom. The first kappa shape index (κ1) is 11.6. The van der Waals surface area contributed by atoms with Gasteiger partial charge >= 0.3 is 0 Å². The minimum absolute atomic E-state index is 0.536. The molecule has 88 valence electrons. The van der Waals surface area contributed by atoms with Crippen molar-refractivity contribution in [2.24, 2.45) is 0 Å². The largest absolute Gasteiger partial charge is 0.396 e. The molecule has 4 heteroatoms. The second-order valence-corrected chi connectivity index (χ2v) is 5.54. The Hall–Kier alpha value is -0.900. The summed E-state index contributed by atoms with van der Waals surface area (Å²) >= 11 is 1.96. The summed E-state index contributed by atoms with van der Waals surface area (Å²) in [6.45, 7) is 1.99. The third-order valence-electron chi connectivity index (χ3n) is 3.12. The second kappa shape index (κ2) is 4.95. The zero-order valence-corrected chi connectivity index (χ0v) is 10.7. The maximum atomic E-state index is 5.90. The van der Waals surface area contributed by atoms with E-state index in [9.17, 15) is 0 Å². The Bertz CT molecular complexity index is 367. The Morgan fingerprint density at radius 3 is 2.94 bits per heavy atom. The van der Waals surface area contributed by atoms with E-state index < -0.39 is 0 Å². The van der Waals surface area contributed by atoms with E-state index in [2.05, 4.69) is 16.6 Å². The van der Waals surface area contributed by atoms with Crippen molar-refractivity contribution < 1.29 is 0 Å². The fraction of sp³-hybridized carbons (Fsp3) is 0.583. The predicted molar refractivity (Wildman–Crippen MR) is 72.0 cm³/mol. The van der Waals surface area contributed by atoms with Gasteiger partial charge in [0.25, 0.3) is 0 Å². The summed E-state index contributed by atoms with van der Waals surface area (Å²) in [6.07, 6.45) is 5.92. The van der Waals surface area contributed by atoms with Crippen LogP contribution in [0.2, 0.25) is 0 Å². The topological polar surface area (TPSA) is 50.9 Å². The summed E-state index contributed by atoms with van der Waals surface area (Å²) in [7, 11) is 0. The van der Waals surface area contributed by atoms with E-state index in [1.807, 2.05) is 30.8 Å². The third kappa shape index (κ3) is 2.61. The van der Waals surface area contributed by atoms with Gasteiger partial charge in [-0.1, -0.05) is 0 Å². The number of pyridine rings is 1. The molecule has 1 aliphatic carbocycles. The van der Waals surface area contributed by atoms with Gasteiger partial charge in [-0.15, -0.1) is 0 Å². The highest BCUT2D eigenvalue weighted by Gasteiger charge is 2.24. The van der Waals surface area contributed by atoms with Gasteiger partial charge in [-0.2, -0.15) is 11.8 Å². The fourth-order valence-electron chi connectivity index (χ4n) is 2.16. The molecule has 1 aromatic rings. The van der Waals surface area contributed by atoms with E-state index in [0.29, 0.717) is 6.04 Å². The number of hydrogen-bond donors (Lipinski definition) is 2. The van der Waals surface area contributed by atoms with Gasteiger partial charge in [0.05, 0.1) is 5.69 Å². The first-order valence-electron chi connectivity index (χ1n) is 5.71. The molecule has 2 rings (SSSR count). The fourth-order valence-corrected chi connectivity index (χ4v) is 2.96. The van der Waals surface area contributed by atoms with E-state index in [-0.39, 0.29) is 0 Å². The summed E-state index contributed by atoms with van der Waals surface area (Å²) in [4.78, 5) is 4.44. The summed E-state index contributed by atoms with van der Waals surface area (Å²) in [5.41, 5.74) is 7.66. The van der Waals surface area contributed by atoms with Gasteiger partial charge in [-0.3, -0.25) is 0 Å². The van der Waals surface area contributed by atoms with Crippen molar-refractivity contribution in [3.63, 3.8) is 0 Å². The Labute approximate surface area is 101 Å². The van der Waals surface area contributed by atoms with Crippen LogP contribution in [0.3, 0.4) is 0 Å². The van der Waals surface area contributed by atoms with Crippen LogP contribution in [0.25, 0.3) is 0 Å². The average molecular weight is 237 g/mol. The van der Waals surface area contributed by atoms with Crippen LogP contribution < -0.4 is 11.1 Å². The lowest BCUT2D eigenvalue weighted by atomic mass is 10.2. The molecule has 1 heterocycles. The molecule has 1 fully saturated rings. The molecule has 0 aromatic carbocycles. The maximum Gasteiger partial charge on any atom is 0.149 e. The molecular formula is C12H19N3S. The van der Waals surface area contributed by atoms with E-state index in [1.54, 1.807) is 0 Å². The smallest absolute Gasteiger partial charge is 0.149 e. The number of hydrogen-bond acceptors (Lipinski definition) is 4. The van der Waals surface area contributed by atoms with E-state index in [4.69, 9.17) is 5.73 Å². The monoisotopic (exact) mass is 237 g/mol. The van der Waals surface area contributed by atoms with Crippen LogP contribution in [0.4, 0.5) is 11.5 Å². The van der Waals surface area contributed by atoms with Crippen LogP contribution >= 0.6 is 11.8 Å². The van der Waals surface area contributed by atoms with Gasteiger partial charge in [0, 0.05) is 17.0 Å². The van der Waals surface area contributed by atoms with Crippen molar-refractivity contribution in [2.75, 3.05) is 17.3 Å². The first-order valence-corrected chi connectivity index (χ1v) is 7.00. The molecule has 0 amide bonds. The number of nitrogens with one attached hydrogen (secondary N) is 1. The summed E-state index contributed by atoms with van der Waals surface area (Å²) in [6, 6.07) is 4.40. The molecule has 3 nitrogen and oxygen atoms in total. The number of thioether (sulfide) groups is 1. The highest BCUT2D eigenvalue weighted by atomic mass is 32.2. The molecular weight excluding hydrogens is 218 g/mol. The molecule has 0 aliphatic heterocycles. The zero-order chi connectivity index (χ0) is 11.5. The standard InChI is InChI=1S/C12H19N3S/c1-8-3-6-11(13)12(14-8)15-9-4-5-10(7-9)16-2/h3,6,9-10H,4-5,7,13H2,1-2H3,(H,14,15). The summed E-state index contributed by atoms with van der Waals surface area (Å²) in [5.74, 6) is 0.853. The van der Waals surface area contributed by atoms with Crippen molar-refractivity contribution >= 4 is 23.3 Å². The molecule has 2 atom stereocenters. The Morgan fingerprint density at radius 1 is 1.44 bits per heavy atom. The van der Waals surface area contributed by atoms with Gasteiger partial charge in [-0.05, 0) is 44.6 Å². The maximum absolute atomic E-state index is 5.90. The quantitative estimate of drug-likeness (QED) is 0.848. The van der Waals surface area contributed by atoms with Crippen molar-refractivity contribution in [1.29, 1.82) is 0 Å². The van der Waals surface area contributed by atoms with E-state index >= 15 is 0 Å². The highest BCUT2D eigenvalue weighted by molar-refractivity contribution is 7.99. The number of nitrogens with two attached hydrogens (primary N) is 1. The van der Waals surface area contributed by atoms with Gasteiger partial charge in [-0.25, -0.2) is 4.98 Å². The van der Waals surface area contributed by atoms with E-state index in [0.717, 1.165) is 22.4 Å². The van der Waals surface area contributed by atoms with Crippen LogP contribution in [-0.4, -0.2) is 22.5 Å². The normalized spacial score (nSPS) is 24.6. The second-order valence-electron chi connectivity index (χ2n) is 4.40. The molecule has 1 aromatic heterocycles. The average Bonchev–Trinajstić information content (AvgIpc) is 2.71. The highest BCUT2D eigenvalue weighted by Crippen LogP contribution is 2.30. The first-order chi connectivity index (χ1) is 7.69. The molecule has 1 saturated carbocycles.